The average Bonchev–Trinajstić information content (AvgIpc) is 1.94. The molecule has 0 saturated heterocycles. The molecule has 0 bridgehead atoms. The van der Waals surface area contributed by atoms with Crippen molar-refractivity contribution in [3.63, 3.8) is 0 Å². The van der Waals surface area contributed by atoms with Gasteiger partial charge in [0, 0.05) is 0 Å². The Balaban J connectivity index is 3.34. The Morgan fingerprint density at radius 2 is 1.83 bits per heavy atom. The van der Waals surface area contributed by atoms with Gasteiger partial charge in [-0.1, -0.05) is 25.5 Å². The summed E-state index contributed by atoms with van der Waals surface area (Å²) >= 11 is 0. The van der Waals surface area contributed by atoms with E-state index in [9.17, 15) is 8.42 Å². The van der Waals surface area contributed by atoms with Crippen LogP contribution < -0.4 is 0 Å². The molecule has 0 aromatic heterocycles. The summed E-state index contributed by atoms with van der Waals surface area (Å²) in [4.78, 5) is 0. The average molecular weight is 192 g/mol. The molecule has 4 heteroatoms. The zero-order chi connectivity index (χ0) is 9.45. The lowest BCUT2D eigenvalue weighted by Crippen LogP contribution is -2.02. The molecule has 0 atom stereocenters. The molecule has 0 aromatic rings. The fourth-order valence-electron chi connectivity index (χ4n) is 0.670. The van der Waals surface area contributed by atoms with Gasteiger partial charge in [0.15, 0.2) is 0 Å². The van der Waals surface area contributed by atoms with Gasteiger partial charge in [0.2, 0.25) is 0 Å². The first-order valence-electron chi connectivity index (χ1n) is 4.05. The summed E-state index contributed by atoms with van der Waals surface area (Å²) in [5.41, 5.74) is 0. The molecule has 0 amide bonds. The molecule has 0 spiro atoms. The van der Waals surface area contributed by atoms with Gasteiger partial charge in [-0.25, -0.2) is 0 Å². The molecule has 0 radical (unpaired) electrons. The van der Waals surface area contributed by atoms with Crippen LogP contribution in [0.2, 0.25) is 0 Å². The molecule has 72 valence electrons. The molecule has 0 fully saturated rings. The van der Waals surface area contributed by atoms with Crippen LogP contribution in [0.4, 0.5) is 0 Å². The van der Waals surface area contributed by atoms with Gasteiger partial charge in [0.05, 0.1) is 12.9 Å². The fraction of sp³-hybridized carbons (Fsp3) is 0.750. The van der Waals surface area contributed by atoms with Crippen molar-refractivity contribution in [2.45, 2.75) is 26.2 Å². The number of hydrogen-bond acceptors (Lipinski definition) is 3. The zero-order valence-corrected chi connectivity index (χ0v) is 8.43. The van der Waals surface area contributed by atoms with Crippen molar-refractivity contribution >= 4 is 10.1 Å². The first-order chi connectivity index (χ1) is 5.56. The molecular formula is C8H16O3S. The number of allylic oxidation sites excluding steroid dienone is 1. The standard InChI is InChI=1S/C8H16O3S/c1-3-4-5-6-7-8-11-12(2,9)10/h5-6H,3-4,7-8H2,1-2H3/b6-5-. The van der Waals surface area contributed by atoms with E-state index < -0.39 is 10.1 Å². The second-order valence-corrected chi connectivity index (χ2v) is 4.22. The maximum absolute atomic E-state index is 10.5. The van der Waals surface area contributed by atoms with Gasteiger partial charge in [-0.2, -0.15) is 8.42 Å². The van der Waals surface area contributed by atoms with Crippen molar-refractivity contribution in [1.29, 1.82) is 0 Å². The normalized spacial score (nSPS) is 12.5. The molecule has 0 rings (SSSR count). The number of hydrogen-bond donors (Lipinski definition) is 0. The van der Waals surface area contributed by atoms with Gasteiger partial charge < -0.3 is 0 Å². The van der Waals surface area contributed by atoms with Gasteiger partial charge in [-0.05, 0) is 12.8 Å². The van der Waals surface area contributed by atoms with Crippen LogP contribution in [0.15, 0.2) is 12.2 Å². The summed E-state index contributed by atoms with van der Waals surface area (Å²) in [5.74, 6) is 0. The van der Waals surface area contributed by atoms with Crippen LogP contribution in [0.1, 0.15) is 26.2 Å². The van der Waals surface area contributed by atoms with Gasteiger partial charge in [0.25, 0.3) is 10.1 Å². The topological polar surface area (TPSA) is 43.4 Å². The van der Waals surface area contributed by atoms with E-state index in [0.29, 0.717) is 6.42 Å². The highest BCUT2D eigenvalue weighted by molar-refractivity contribution is 7.85. The molecule has 12 heavy (non-hydrogen) atoms. The second kappa shape index (κ2) is 6.20. The largest absolute Gasteiger partial charge is 0.270 e. The van der Waals surface area contributed by atoms with Crippen molar-refractivity contribution in [1.82, 2.24) is 0 Å². The third kappa shape index (κ3) is 9.65. The van der Waals surface area contributed by atoms with Crippen molar-refractivity contribution < 1.29 is 12.6 Å². The van der Waals surface area contributed by atoms with E-state index >= 15 is 0 Å². The predicted molar refractivity (Wildman–Crippen MR) is 49.5 cm³/mol. The minimum atomic E-state index is -3.25. The summed E-state index contributed by atoms with van der Waals surface area (Å²) in [7, 11) is -3.25. The van der Waals surface area contributed by atoms with Crippen molar-refractivity contribution in [2.24, 2.45) is 0 Å². The van der Waals surface area contributed by atoms with Crippen molar-refractivity contribution in [3.05, 3.63) is 12.2 Å². The molecule has 0 aromatic carbocycles. The molecule has 0 heterocycles. The van der Waals surface area contributed by atoms with E-state index in [1.54, 1.807) is 0 Å². The number of unbranched alkanes of at least 4 members (excludes halogenated alkanes) is 1. The third-order valence-corrected chi connectivity index (χ3v) is 1.80. The van der Waals surface area contributed by atoms with Crippen LogP contribution in [0.5, 0.6) is 0 Å². The first kappa shape index (κ1) is 11.6. The Morgan fingerprint density at radius 3 is 2.33 bits per heavy atom. The molecule has 0 unspecified atom stereocenters. The fourth-order valence-corrected chi connectivity index (χ4v) is 1.07. The van der Waals surface area contributed by atoms with Gasteiger partial charge in [-0.3, -0.25) is 4.18 Å². The van der Waals surface area contributed by atoms with Crippen LogP contribution >= 0.6 is 0 Å². The molecule has 0 N–H and O–H groups in total. The highest BCUT2D eigenvalue weighted by atomic mass is 32.2. The molecule has 0 saturated carbocycles. The van der Waals surface area contributed by atoms with E-state index in [-0.39, 0.29) is 6.61 Å². The van der Waals surface area contributed by atoms with Crippen LogP contribution in [-0.4, -0.2) is 21.3 Å². The van der Waals surface area contributed by atoms with Crippen LogP contribution in [0, 0.1) is 0 Å². The predicted octanol–water partition coefficient (Wildman–Crippen LogP) is 1.71. The Hall–Kier alpha value is -0.350. The monoisotopic (exact) mass is 192 g/mol. The Morgan fingerprint density at radius 1 is 1.25 bits per heavy atom. The lowest BCUT2D eigenvalue weighted by atomic mass is 10.3. The van der Waals surface area contributed by atoms with E-state index in [2.05, 4.69) is 11.1 Å². The molecular weight excluding hydrogens is 176 g/mol. The molecule has 0 aliphatic heterocycles. The van der Waals surface area contributed by atoms with E-state index in [4.69, 9.17) is 0 Å². The van der Waals surface area contributed by atoms with Gasteiger partial charge >= 0.3 is 0 Å². The van der Waals surface area contributed by atoms with E-state index in [0.717, 1.165) is 19.1 Å². The van der Waals surface area contributed by atoms with E-state index in [1.807, 2.05) is 12.2 Å². The van der Waals surface area contributed by atoms with Gasteiger partial charge in [-0.15, -0.1) is 0 Å². The molecule has 3 nitrogen and oxygen atoms in total. The zero-order valence-electron chi connectivity index (χ0n) is 7.62. The lowest BCUT2D eigenvalue weighted by molar-refractivity contribution is 0.328. The van der Waals surface area contributed by atoms with Crippen LogP contribution in [0.3, 0.4) is 0 Å². The van der Waals surface area contributed by atoms with Gasteiger partial charge in [0.1, 0.15) is 0 Å². The highest BCUT2D eigenvalue weighted by Crippen LogP contribution is 1.94. The maximum atomic E-state index is 10.5. The second-order valence-electron chi connectivity index (χ2n) is 2.57. The van der Waals surface area contributed by atoms with Crippen LogP contribution in [-0.2, 0) is 14.3 Å². The SMILES string of the molecule is CCC/C=C\CCOS(C)(=O)=O. The maximum Gasteiger partial charge on any atom is 0.264 e. The summed E-state index contributed by atoms with van der Waals surface area (Å²) in [6, 6.07) is 0. The minimum absolute atomic E-state index is 0.249. The summed E-state index contributed by atoms with van der Waals surface area (Å²) in [5, 5.41) is 0. The van der Waals surface area contributed by atoms with Crippen molar-refractivity contribution in [3.8, 4) is 0 Å². The number of rotatable bonds is 6. The minimum Gasteiger partial charge on any atom is -0.270 e. The van der Waals surface area contributed by atoms with Crippen molar-refractivity contribution in [2.75, 3.05) is 12.9 Å². The lowest BCUT2D eigenvalue weighted by Gasteiger charge is -1.96. The third-order valence-electron chi connectivity index (χ3n) is 1.20. The summed E-state index contributed by atoms with van der Waals surface area (Å²) in [6.45, 7) is 2.34. The first-order valence-corrected chi connectivity index (χ1v) is 5.87. The Kier molecular flexibility index (Phi) is 6.02. The quantitative estimate of drug-likeness (QED) is 0.365. The highest BCUT2D eigenvalue weighted by Gasteiger charge is 1.97. The molecule has 0 aliphatic carbocycles. The van der Waals surface area contributed by atoms with E-state index in [1.165, 1.54) is 0 Å². The Bertz CT molecular complexity index is 216. The Labute approximate surface area is 74.6 Å². The summed E-state index contributed by atoms with van der Waals surface area (Å²) in [6.07, 6.45) is 7.85. The smallest absolute Gasteiger partial charge is 0.264 e. The summed E-state index contributed by atoms with van der Waals surface area (Å²) < 4.78 is 25.5. The molecule has 0 aliphatic rings. The van der Waals surface area contributed by atoms with Crippen LogP contribution in [0.25, 0.3) is 0 Å².